The molecule has 9 heteroatoms. The molecular weight excluding hydrogens is 343 g/mol. The zero-order chi connectivity index (χ0) is 18.2. The van der Waals surface area contributed by atoms with Crippen LogP contribution in [0.3, 0.4) is 0 Å². The summed E-state index contributed by atoms with van der Waals surface area (Å²) in [7, 11) is 0. The Morgan fingerprint density at radius 1 is 1.17 bits per heavy atom. The van der Waals surface area contributed by atoms with Gasteiger partial charge in [0.2, 0.25) is 0 Å². The molecule has 0 saturated carbocycles. The van der Waals surface area contributed by atoms with Crippen LogP contribution in [0.4, 0.5) is 13.2 Å². The average molecular weight is 361 g/mol. The third-order valence-electron chi connectivity index (χ3n) is 4.26. The zero-order valence-electron chi connectivity index (χ0n) is 13.4. The summed E-state index contributed by atoms with van der Waals surface area (Å²) < 4.78 is 50.6. The van der Waals surface area contributed by atoms with Crippen molar-refractivity contribution >= 4 is 11.2 Å². The number of nitrogens with zero attached hydrogens (tertiary/aromatic N) is 3. The van der Waals surface area contributed by atoms with Gasteiger partial charge in [0.25, 0.3) is 0 Å². The number of benzene rings is 1. The van der Waals surface area contributed by atoms with Gasteiger partial charge in [-0.1, -0.05) is 12.1 Å². The van der Waals surface area contributed by atoms with Gasteiger partial charge >= 0.3 is 6.18 Å². The van der Waals surface area contributed by atoms with E-state index in [1.54, 1.807) is 13.8 Å². The molecule has 2 atom stereocenters. The van der Waals surface area contributed by atoms with Crippen molar-refractivity contribution in [2.45, 2.75) is 36.9 Å². The van der Waals surface area contributed by atoms with Crippen molar-refractivity contribution in [3.8, 4) is 0 Å². The molecule has 2 unspecified atom stereocenters. The SMILES string of the molecule is C[S+]([O-])C(C)(C)C(O)(Cn1cncn1)c1ccc(C(F)(F)F)cc1. The van der Waals surface area contributed by atoms with E-state index in [2.05, 4.69) is 10.1 Å². The van der Waals surface area contributed by atoms with E-state index >= 15 is 0 Å². The van der Waals surface area contributed by atoms with Crippen molar-refractivity contribution in [2.75, 3.05) is 6.26 Å². The van der Waals surface area contributed by atoms with E-state index < -0.39 is 33.3 Å². The van der Waals surface area contributed by atoms with E-state index in [9.17, 15) is 22.8 Å². The van der Waals surface area contributed by atoms with Crippen molar-refractivity contribution < 1.29 is 22.8 Å². The van der Waals surface area contributed by atoms with Gasteiger partial charge in [-0.3, -0.25) is 0 Å². The summed E-state index contributed by atoms with van der Waals surface area (Å²) in [4.78, 5) is 3.79. The normalized spacial score (nSPS) is 16.7. The molecule has 0 spiro atoms. The fourth-order valence-electron chi connectivity index (χ4n) is 2.35. The Balaban J connectivity index is 2.50. The molecule has 1 N–H and O–H groups in total. The molecule has 24 heavy (non-hydrogen) atoms. The standard InChI is InChI=1S/C15H18F3N3O2S/c1-13(2,24(3)23)14(22,8-21-10-19-9-20-21)11-4-6-12(7-5-11)15(16,17)18/h4-7,9-10,22H,8H2,1-3H3. The zero-order valence-corrected chi connectivity index (χ0v) is 14.2. The molecule has 2 rings (SSSR count). The van der Waals surface area contributed by atoms with Crippen molar-refractivity contribution in [3.05, 3.63) is 48.0 Å². The first-order chi connectivity index (χ1) is 11.0. The lowest BCUT2D eigenvalue weighted by molar-refractivity contribution is -0.137. The number of halogens is 3. The molecule has 1 aromatic heterocycles. The lowest BCUT2D eigenvalue weighted by Gasteiger charge is -2.42. The molecule has 0 radical (unpaired) electrons. The van der Waals surface area contributed by atoms with Crippen LogP contribution in [-0.4, -0.2) is 35.4 Å². The summed E-state index contributed by atoms with van der Waals surface area (Å²) in [5.41, 5.74) is -2.29. The Hall–Kier alpha value is -1.58. The van der Waals surface area contributed by atoms with Gasteiger partial charge in [0.1, 0.15) is 12.7 Å². The minimum absolute atomic E-state index is 0.0923. The number of aliphatic hydroxyl groups is 1. The van der Waals surface area contributed by atoms with Crippen LogP contribution in [0.5, 0.6) is 0 Å². The highest BCUT2D eigenvalue weighted by atomic mass is 32.2. The molecule has 0 bridgehead atoms. The van der Waals surface area contributed by atoms with Gasteiger partial charge in [0, 0.05) is 0 Å². The number of aromatic nitrogens is 3. The van der Waals surface area contributed by atoms with Gasteiger partial charge in [-0.25, -0.2) is 9.67 Å². The maximum atomic E-state index is 12.7. The average Bonchev–Trinajstić information content (AvgIpc) is 2.98. The van der Waals surface area contributed by atoms with Gasteiger partial charge in [0.15, 0.2) is 10.3 Å². The Labute approximate surface area is 140 Å². The van der Waals surface area contributed by atoms with Crippen LogP contribution in [0.1, 0.15) is 25.0 Å². The molecule has 1 aromatic carbocycles. The molecule has 0 aliphatic carbocycles. The Morgan fingerprint density at radius 3 is 2.12 bits per heavy atom. The fourth-order valence-corrected chi connectivity index (χ4v) is 3.01. The fraction of sp³-hybridized carbons (Fsp3) is 0.467. The first-order valence-corrected chi connectivity index (χ1v) is 8.60. The second-order valence-electron chi connectivity index (χ2n) is 5.99. The second kappa shape index (κ2) is 6.38. The molecule has 1 heterocycles. The number of rotatable bonds is 5. The van der Waals surface area contributed by atoms with E-state index in [4.69, 9.17) is 0 Å². The van der Waals surface area contributed by atoms with Gasteiger partial charge in [-0.15, -0.1) is 0 Å². The van der Waals surface area contributed by atoms with E-state index in [-0.39, 0.29) is 12.1 Å². The Kier molecular flexibility index (Phi) is 4.98. The summed E-state index contributed by atoms with van der Waals surface area (Å²) in [6.45, 7) is 3.10. The molecule has 0 saturated heterocycles. The smallest absolute Gasteiger partial charge is 0.416 e. The number of hydrogen-bond acceptors (Lipinski definition) is 4. The van der Waals surface area contributed by atoms with Crippen molar-refractivity contribution in [1.82, 2.24) is 14.8 Å². The molecule has 5 nitrogen and oxygen atoms in total. The van der Waals surface area contributed by atoms with Gasteiger partial charge < -0.3 is 9.66 Å². The highest BCUT2D eigenvalue weighted by Crippen LogP contribution is 2.40. The van der Waals surface area contributed by atoms with Crippen LogP contribution in [0, 0.1) is 0 Å². The highest BCUT2D eigenvalue weighted by molar-refractivity contribution is 7.92. The second-order valence-corrected chi connectivity index (χ2v) is 7.92. The highest BCUT2D eigenvalue weighted by Gasteiger charge is 2.52. The van der Waals surface area contributed by atoms with E-state index in [1.165, 1.54) is 35.7 Å². The molecule has 0 aliphatic rings. The number of alkyl halides is 3. The van der Waals surface area contributed by atoms with Crippen LogP contribution in [0.25, 0.3) is 0 Å². The summed E-state index contributed by atoms with van der Waals surface area (Å²) in [6.07, 6.45) is -0.366. The molecule has 0 fully saturated rings. The molecule has 0 amide bonds. The van der Waals surface area contributed by atoms with Gasteiger partial charge in [0.05, 0.1) is 18.4 Å². The third kappa shape index (κ3) is 3.42. The maximum absolute atomic E-state index is 12.7. The van der Waals surface area contributed by atoms with Crippen molar-refractivity contribution in [2.24, 2.45) is 0 Å². The Morgan fingerprint density at radius 2 is 1.71 bits per heavy atom. The lowest BCUT2D eigenvalue weighted by atomic mass is 9.82. The topological polar surface area (TPSA) is 74.0 Å². The first kappa shape index (κ1) is 18.8. The quantitative estimate of drug-likeness (QED) is 0.830. The molecular formula is C15H18F3N3O2S. The van der Waals surface area contributed by atoms with Crippen LogP contribution in [0.15, 0.2) is 36.9 Å². The van der Waals surface area contributed by atoms with Gasteiger partial charge in [-0.05, 0) is 42.7 Å². The van der Waals surface area contributed by atoms with E-state index in [1.807, 2.05) is 0 Å². The molecule has 2 aromatic rings. The maximum Gasteiger partial charge on any atom is 0.416 e. The Bertz CT molecular complexity index is 672. The van der Waals surface area contributed by atoms with Crippen LogP contribution in [0.2, 0.25) is 0 Å². The van der Waals surface area contributed by atoms with E-state index in [0.29, 0.717) is 0 Å². The predicted octanol–water partition coefficient (Wildman–Crippen LogP) is 2.34. The summed E-state index contributed by atoms with van der Waals surface area (Å²) in [5, 5.41) is 15.2. The van der Waals surface area contributed by atoms with Crippen molar-refractivity contribution in [3.63, 3.8) is 0 Å². The van der Waals surface area contributed by atoms with Crippen LogP contribution < -0.4 is 0 Å². The largest absolute Gasteiger partial charge is 0.616 e. The summed E-state index contributed by atoms with van der Waals surface area (Å²) in [6, 6.07) is 4.20. The number of hydrogen-bond donors (Lipinski definition) is 1. The van der Waals surface area contributed by atoms with E-state index in [0.717, 1.165) is 12.1 Å². The molecule has 0 aliphatic heterocycles. The third-order valence-corrected chi connectivity index (χ3v) is 6.04. The van der Waals surface area contributed by atoms with Crippen LogP contribution in [-0.2, 0) is 29.5 Å². The van der Waals surface area contributed by atoms with Gasteiger partial charge in [-0.2, -0.15) is 18.3 Å². The minimum atomic E-state index is -4.47. The first-order valence-electron chi connectivity index (χ1n) is 7.04. The monoisotopic (exact) mass is 361 g/mol. The predicted molar refractivity (Wildman–Crippen MR) is 83.5 cm³/mol. The minimum Gasteiger partial charge on any atom is -0.616 e. The summed E-state index contributed by atoms with van der Waals surface area (Å²) >= 11 is -1.46. The molecule has 132 valence electrons. The van der Waals surface area contributed by atoms with Crippen molar-refractivity contribution in [1.29, 1.82) is 0 Å². The van der Waals surface area contributed by atoms with Crippen LogP contribution >= 0.6 is 0 Å². The lowest BCUT2D eigenvalue weighted by Crippen LogP contribution is -2.54. The summed E-state index contributed by atoms with van der Waals surface area (Å²) in [5.74, 6) is 0.